The van der Waals surface area contributed by atoms with Crippen molar-refractivity contribution in [3.63, 3.8) is 0 Å². The van der Waals surface area contributed by atoms with Crippen molar-refractivity contribution >= 4 is 121 Å². The molecular weight excluding hydrogens is 1150 g/mol. The van der Waals surface area contributed by atoms with Crippen LogP contribution in [0.3, 0.4) is 0 Å². The van der Waals surface area contributed by atoms with E-state index in [1.54, 1.807) is 0 Å². The second kappa shape index (κ2) is 23.0. The van der Waals surface area contributed by atoms with Gasteiger partial charge in [0, 0.05) is 58.4 Å². The SMILES string of the molecule is Nc1c(S(=O)(=O)O)cc(Nc2ccc(Nc3ncccn3)c(S(=O)(=O)[O-])c2)c2c1C(=O)c1ccccc1C2=O.Nc1c(S(=O)(=O)O)cc(Nc2ccc(Nc3ncccn3)c(S(=O)(=O)[O-])c2)c2c1C(=O)c1ccccc1C2=O.[Na+].[Na+]. The Morgan fingerprint density at radius 3 is 0.975 bits per heavy atom. The largest absolute Gasteiger partial charge is 1.00 e. The number of carbonyl (C=O) groups is 4. The van der Waals surface area contributed by atoms with Gasteiger partial charge in [-0.25, -0.2) is 36.8 Å². The van der Waals surface area contributed by atoms with Gasteiger partial charge in [0.15, 0.2) is 23.1 Å². The van der Waals surface area contributed by atoms with Crippen molar-refractivity contribution < 1.29 is 130 Å². The van der Waals surface area contributed by atoms with Crippen molar-refractivity contribution in [2.45, 2.75) is 19.6 Å². The number of nitrogens with zero attached hydrogens (tertiary/aromatic N) is 4. The van der Waals surface area contributed by atoms with Crippen LogP contribution < -0.4 is 91.8 Å². The zero-order valence-electron chi connectivity index (χ0n) is 40.9. The summed E-state index contributed by atoms with van der Waals surface area (Å²) in [5.41, 5.74) is 8.18. The van der Waals surface area contributed by atoms with Crippen LogP contribution >= 0.6 is 0 Å². The molecule has 0 saturated heterocycles. The molecule has 0 fully saturated rings. The molecule has 0 radical (unpaired) electrons. The van der Waals surface area contributed by atoms with E-state index in [-0.39, 0.29) is 139 Å². The van der Waals surface area contributed by atoms with Crippen molar-refractivity contribution in [2.75, 3.05) is 32.7 Å². The monoisotopic (exact) mass is 1180 g/mol. The summed E-state index contributed by atoms with van der Waals surface area (Å²) in [5.74, 6) is -2.83. The number of nitrogen functional groups attached to an aromatic ring is 2. The van der Waals surface area contributed by atoms with Crippen molar-refractivity contribution in [2.24, 2.45) is 0 Å². The van der Waals surface area contributed by atoms with Gasteiger partial charge in [-0.3, -0.25) is 28.3 Å². The molecule has 10 rings (SSSR count). The Kier molecular flexibility index (Phi) is 17.3. The van der Waals surface area contributed by atoms with Crippen LogP contribution in [0.5, 0.6) is 0 Å². The second-order valence-electron chi connectivity index (χ2n) is 16.5. The standard InChI is InChI=1S/2C24H17N5O8S2.2Na/c2*25-21-18(39(35,36)37)11-16(19-20(21)23(31)14-5-2-1-4-13(14)22(19)30)28-12-6-7-15(17(10-12)38(32,33)34)29-24-26-8-3-9-27-24;;/h2*1-11,28H,25H2,(H,26,27,29)(H,32,33,34)(H,35,36,37);;/q;;2*+1/p-2. The summed E-state index contributed by atoms with van der Waals surface area (Å²) >= 11 is 0. The number of carbonyl (C=O) groups excluding carboxylic acids is 4. The number of ketones is 4. The minimum Gasteiger partial charge on any atom is -0.744 e. The summed E-state index contributed by atoms with van der Waals surface area (Å²) in [7, 11) is -20.1. The number of aromatic nitrogens is 4. The molecule has 0 spiro atoms. The molecule has 2 aromatic heterocycles. The fourth-order valence-electron chi connectivity index (χ4n) is 8.31. The predicted octanol–water partition coefficient (Wildman–Crippen LogP) is -1.05. The third kappa shape index (κ3) is 12.0. The summed E-state index contributed by atoms with van der Waals surface area (Å²) in [6.45, 7) is 0. The number of anilines is 10. The van der Waals surface area contributed by atoms with Crippen LogP contribution in [0.2, 0.25) is 0 Å². The molecule has 0 atom stereocenters. The molecule has 6 aromatic carbocycles. The van der Waals surface area contributed by atoms with Crippen LogP contribution in [0.25, 0.3) is 0 Å². The number of benzene rings is 6. The molecule has 10 N–H and O–H groups in total. The van der Waals surface area contributed by atoms with E-state index in [9.17, 15) is 71.1 Å². The number of hydrogen-bond acceptors (Lipinski definition) is 24. The summed E-state index contributed by atoms with van der Waals surface area (Å²) in [5, 5.41) is 10.6. The van der Waals surface area contributed by atoms with Gasteiger partial charge in [0.05, 0.1) is 66.2 Å². The average Bonchev–Trinajstić information content (AvgIpc) is 3.58. The van der Waals surface area contributed by atoms with E-state index in [0.717, 1.165) is 24.3 Å². The molecule has 0 bridgehead atoms. The molecule has 2 aliphatic carbocycles. The minimum absolute atomic E-state index is 0. The first-order valence-corrected chi connectivity index (χ1v) is 27.5. The number of fused-ring (bicyclic) bond motifs is 4. The molecule has 0 aliphatic heterocycles. The maximum absolute atomic E-state index is 13.4. The molecule has 2 aliphatic rings. The van der Waals surface area contributed by atoms with Gasteiger partial charge in [-0.05, 0) is 60.7 Å². The third-order valence-corrected chi connectivity index (χ3v) is 15.2. The van der Waals surface area contributed by atoms with Crippen LogP contribution in [-0.4, -0.2) is 95.0 Å². The van der Waals surface area contributed by atoms with Crippen LogP contribution in [0, 0.1) is 0 Å². The summed E-state index contributed by atoms with van der Waals surface area (Å²) in [6, 6.07) is 23.4. The van der Waals surface area contributed by atoms with E-state index in [2.05, 4.69) is 41.2 Å². The van der Waals surface area contributed by atoms with Crippen molar-refractivity contribution in [1.29, 1.82) is 0 Å². The van der Waals surface area contributed by atoms with Gasteiger partial charge in [-0.15, -0.1) is 0 Å². The van der Waals surface area contributed by atoms with E-state index in [1.165, 1.54) is 110 Å². The molecular formula is C48H32N10Na2O16S4. The van der Waals surface area contributed by atoms with Crippen LogP contribution in [-0.2, 0) is 40.5 Å². The molecule has 80 heavy (non-hydrogen) atoms. The average molecular weight is 1180 g/mol. The topological polar surface area (TPSA) is 443 Å². The van der Waals surface area contributed by atoms with E-state index in [1.807, 2.05) is 0 Å². The number of nitrogens with one attached hydrogen (secondary N) is 4. The summed E-state index contributed by atoms with van der Waals surface area (Å²) in [4.78, 5) is 66.0. The number of hydrogen-bond donors (Lipinski definition) is 8. The Hall–Kier alpha value is -7.40. The Bertz CT molecular complexity index is 4110. The van der Waals surface area contributed by atoms with Crippen molar-refractivity contribution in [3.05, 3.63) is 178 Å². The Labute approximate surface area is 497 Å². The number of nitrogens with two attached hydrogens (primary N) is 2. The van der Waals surface area contributed by atoms with Gasteiger partial charge in [0.25, 0.3) is 20.2 Å². The molecule has 32 heteroatoms. The maximum Gasteiger partial charge on any atom is 1.00 e. The normalized spacial score (nSPS) is 12.7. The quantitative estimate of drug-likeness (QED) is 0.0411. The van der Waals surface area contributed by atoms with Gasteiger partial charge in [-0.1, -0.05) is 48.5 Å². The van der Waals surface area contributed by atoms with Gasteiger partial charge < -0.3 is 41.8 Å². The fourth-order valence-corrected chi connectivity index (χ4v) is 10.9. The molecule has 8 aromatic rings. The van der Waals surface area contributed by atoms with Gasteiger partial charge in [-0.2, -0.15) is 16.8 Å². The van der Waals surface area contributed by atoms with Crippen LogP contribution in [0.4, 0.5) is 57.4 Å². The number of rotatable bonds is 12. The first kappa shape index (κ1) is 60.2. The smallest absolute Gasteiger partial charge is 0.744 e. The molecule has 26 nitrogen and oxygen atoms in total. The molecule has 0 unspecified atom stereocenters. The molecule has 0 amide bonds. The first-order chi connectivity index (χ1) is 36.7. The van der Waals surface area contributed by atoms with E-state index in [0.29, 0.717) is 0 Å². The Balaban J connectivity index is 0.000000225. The van der Waals surface area contributed by atoms with Gasteiger partial charge in [0.1, 0.15) is 30.0 Å². The zero-order valence-corrected chi connectivity index (χ0v) is 48.2. The van der Waals surface area contributed by atoms with E-state index < -0.39 is 106 Å². The summed E-state index contributed by atoms with van der Waals surface area (Å²) < 4.78 is 140. The molecule has 0 saturated carbocycles. The van der Waals surface area contributed by atoms with E-state index in [4.69, 9.17) is 11.5 Å². The minimum atomic E-state index is -5.07. The Morgan fingerprint density at radius 2 is 0.688 bits per heavy atom. The van der Waals surface area contributed by atoms with Crippen LogP contribution in [0.1, 0.15) is 63.7 Å². The summed E-state index contributed by atoms with van der Waals surface area (Å²) in [6.07, 6.45) is 5.57. The van der Waals surface area contributed by atoms with Crippen LogP contribution in [0.15, 0.2) is 154 Å². The second-order valence-corrected chi connectivity index (χ2v) is 22.0. The zero-order chi connectivity index (χ0) is 56.2. The van der Waals surface area contributed by atoms with Gasteiger partial charge >= 0.3 is 59.1 Å². The fraction of sp³-hybridized carbons (Fsp3) is 0. The van der Waals surface area contributed by atoms with E-state index >= 15 is 0 Å². The van der Waals surface area contributed by atoms with Crippen molar-refractivity contribution in [1.82, 2.24) is 19.9 Å². The molecule has 396 valence electrons. The third-order valence-electron chi connectivity index (χ3n) is 11.6. The maximum atomic E-state index is 13.4. The van der Waals surface area contributed by atoms with Crippen molar-refractivity contribution in [3.8, 4) is 0 Å². The first-order valence-electron chi connectivity index (χ1n) is 21.8. The van der Waals surface area contributed by atoms with Gasteiger partial charge in [0.2, 0.25) is 11.9 Å². The molecule has 2 heterocycles. The predicted molar refractivity (Wildman–Crippen MR) is 274 cm³/mol. The Morgan fingerprint density at radius 1 is 0.388 bits per heavy atom.